The molecule has 1 saturated heterocycles. The highest BCUT2D eigenvalue weighted by atomic mass is 79.9. The van der Waals surface area contributed by atoms with Crippen molar-refractivity contribution in [2.45, 2.75) is 64.5 Å². The van der Waals surface area contributed by atoms with Crippen LogP contribution in [0.15, 0.2) is 21.2 Å². The SMILES string of the molecule is CCCNC(c1occc1Br)C(C)(C)N1CCCCCC1. The first-order chi connectivity index (χ1) is 10.1. The Morgan fingerprint density at radius 1 is 1.29 bits per heavy atom. The summed E-state index contributed by atoms with van der Waals surface area (Å²) in [4.78, 5) is 2.64. The van der Waals surface area contributed by atoms with Crippen molar-refractivity contribution in [3.8, 4) is 0 Å². The predicted octanol–water partition coefficient (Wildman–Crippen LogP) is 4.74. The van der Waals surface area contributed by atoms with Crippen molar-refractivity contribution in [1.82, 2.24) is 10.2 Å². The van der Waals surface area contributed by atoms with Gasteiger partial charge in [0.1, 0.15) is 5.76 Å². The molecule has 1 aromatic rings. The maximum Gasteiger partial charge on any atom is 0.136 e. The largest absolute Gasteiger partial charge is 0.466 e. The van der Waals surface area contributed by atoms with Crippen LogP contribution in [-0.4, -0.2) is 30.1 Å². The molecule has 1 atom stereocenters. The maximum atomic E-state index is 5.80. The molecule has 4 heteroatoms. The van der Waals surface area contributed by atoms with E-state index in [1.165, 1.54) is 38.8 Å². The van der Waals surface area contributed by atoms with Crippen molar-refractivity contribution >= 4 is 15.9 Å². The van der Waals surface area contributed by atoms with Crippen molar-refractivity contribution in [3.05, 3.63) is 22.6 Å². The molecule has 0 aromatic carbocycles. The second-order valence-electron chi connectivity index (χ2n) is 6.57. The molecular weight excluding hydrogens is 328 g/mol. The summed E-state index contributed by atoms with van der Waals surface area (Å²) in [7, 11) is 0. The summed E-state index contributed by atoms with van der Waals surface area (Å²) in [6.45, 7) is 10.3. The van der Waals surface area contributed by atoms with Crippen LogP contribution in [0, 0.1) is 0 Å². The molecule has 0 saturated carbocycles. The monoisotopic (exact) mass is 356 g/mol. The van der Waals surface area contributed by atoms with Gasteiger partial charge < -0.3 is 9.73 Å². The zero-order chi connectivity index (χ0) is 15.3. The number of hydrogen-bond acceptors (Lipinski definition) is 3. The topological polar surface area (TPSA) is 28.4 Å². The van der Waals surface area contributed by atoms with Crippen LogP contribution >= 0.6 is 15.9 Å². The molecule has 2 rings (SSSR count). The fourth-order valence-corrected chi connectivity index (χ4v) is 3.72. The van der Waals surface area contributed by atoms with Gasteiger partial charge in [-0.15, -0.1) is 0 Å². The molecule has 120 valence electrons. The molecular formula is C17H29BrN2O. The summed E-state index contributed by atoms with van der Waals surface area (Å²) in [5, 5.41) is 3.71. The minimum atomic E-state index is 0.0416. The molecule has 0 amide bonds. The average Bonchev–Trinajstić information content (AvgIpc) is 2.71. The lowest BCUT2D eigenvalue weighted by Gasteiger charge is -2.43. The van der Waals surface area contributed by atoms with Gasteiger partial charge in [0.2, 0.25) is 0 Å². The molecule has 1 aromatic heterocycles. The van der Waals surface area contributed by atoms with Gasteiger partial charge in [-0.25, -0.2) is 0 Å². The molecule has 1 unspecified atom stereocenters. The Morgan fingerprint density at radius 3 is 2.48 bits per heavy atom. The van der Waals surface area contributed by atoms with Gasteiger partial charge in [0.15, 0.2) is 0 Å². The number of nitrogens with zero attached hydrogens (tertiary/aromatic N) is 1. The Morgan fingerprint density at radius 2 is 1.95 bits per heavy atom. The van der Waals surface area contributed by atoms with Gasteiger partial charge in [-0.2, -0.15) is 0 Å². The Balaban J connectivity index is 2.22. The van der Waals surface area contributed by atoms with E-state index < -0.39 is 0 Å². The van der Waals surface area contributed by atoms with E-state index in [1.807, 2.05) is 6.07 Å². The van der Waals surface area contributed by atoms with E-state index in [0.717, 1.165) is 23.2 Å². The molecule has 1 N–H and O–H groups in total. The highest BCUT2D eigenvalue weighted by Gasteiger charge is 2.38. The number of halogens is 1. The van der Waals surface area contributed by atoms with Crippen molar-refractivity contribution in [2.75, 3.05) is 19.6 Å². The molecule has 1 aliphatic heterocycles. The van der Waals surface area contributed by atoms with Crippen LogP contribution < -0.4 is 5.32 Å². The Kier molecular flexibility index (Phi) is 6.33. The number of nitrogens with one attached hydrogen (secondary N) is 1. The zero-order valence-electron chi connectivity index (χ0n) is 13.6. The van der Waals surface area contributed by atoms with Crippen molar-refractivity contribution < 1.29 is 4.42 Å². The Hall–Kier alpha value is -0.320. The Labute approximate surface area is 137 Å². The van der Waals surface area contributed by atoms with Gasteiger partial charge in [-0.3, -0.25) is 4.90 Å². The van der Waals surface area contributed by atoms with Gasteiger partial charge in [0, 0.05) is 5.54 Å². The summed E-state index contributed by atoms with van der Waals surface area (Å²) in [6, 6.07) is 2.20. The molecule has 0 radical (unpaired) electrons. The molecule has 0 aliphatic carbocycles. The smallest absolute Gasteiger partial charge is 0.136 e. The van der Waals surface area contributed by atoms with Gasteiger partial charge in [-0.05, 0) is 74.7 Å². The lowest BCUT2D eigenvalue weighted by molar-refractivity contribution is 0.0743. The summed E-state index contributed by atoms with van der Waals surface area (Å²) in [6.07, 6.45) is 8.25. The number of rotatable bonds is 6. The minimum Gasteiger partial charge on any atom is -0.466 e. The first kappa shape index (κ1) is 17.0. The predicted molar refractivity (Wildman–Crippen MR) is 91.6 cm³/mol. The van der Waals surface area contributed by atoms with E-state index in [9.17, 15) is 0 Å². The quantitative estimate of drug-likeness (QED) is 0.797. The second-order valence-corrected chi connectivity index (χ2v) is 7.43. The second kappa shape index (κ2) is 7.80. The van der Waals surface area contributed by atoms with Crippen molar-refractivity contribution in [2.24, 2.45) is 0 Å². The molecule has 1 fully saturated rings. The molecule has 3 nitrogen and oxygen atoms in total. The van der Waals surface area contributed by atoms with Gasteiger partial charge >= 0.3 is 0 Å². The van der Waals surface area contributed by atoms with Crippen molar-refractivity contribution in [3.63, 3.8) is 0 Å². The molecule has 21 heavy (non-hydrogen) atoms. The standard InChI is InChI=1S/C17H29BrN2O/c1-4-10-19-16(15-14(18)9-13-21-15)17(2,3)20-11-7-5-6-8-12-20/h9,13,16,19H,4-8,10-12H2,1-3H3. The first-order valence-corrected chi connectivity index (χ1v) is 9.08. The van der Waals surface area contributed by atoms with E-state index in [1.54, 1.807) is 6.26 Å². The van der Waals surface area contributed by atoms with Crippen LogP contribution in [0.5, 0.6) is 0 Å². The molecule has 0 bridgehead atoms. The van der Waals surface area contributed by atoms with E-state index in [4.69, 9.17) is 4.42 Å². The summed E-state index contributed by atoms with van der Waals surface area (Å²) in [5.41, 5.74) is 0.0416. The molecule has 1 aliphatic rings. The lowest BCUT2D eigenvalue weighted by Crippen LogP contribution is -2.53. The van der Waals surface area contributed by atoms with E-state index in [2.05, 4.69) is 46.9 Å². The van der Waals surface area contributed by atoms with Crippen LogP contribution in [0.25, 0.3) is 0 Å². The fraction of sp³-hybridized carbons (Fsp3) is 0.765. The first-order valence-electron chi connectivity index (χ1n) is 8.28. The number of furan rings is 1. The van der Waals surface area contributed by atoms with Gasteiger partial charge in [-0.1, -0.05) is 19.8 Å². The van der Waals surface area contributed by atoms with E-state index in [0.29, 0.717) is 0 Å². The van der Waals surface area contributed by atoms with Crippen molar-refractivity contribution in [1.29, 1.82) is 0 Å². The summed E-state index contributed by atoms with van der Waals surface area (Å²) >= 11 is 3.64. The zero-order valence-corrected chi connectivity index (χ0v) is 15.2. The summed E-state index contributed by atoms with van der Waals surface area (Å²) in [5.74, 6) is 1.03. The van der Waals surface area contributed by atoms with Crippen LogP contribution in [0.3, 0.4) is 0 Å². The highest BCUT2D eigenvalue weighted by molar-refractivity contribution is 9.10. The third-order valence-electron chi connectivity index (χ3n) is 4.63. The van der Waals surface area contributed by atoms with Crippen LogP contribution in [0.4, 0.5) is 0 Å². The number of likely N-dealkylation sites (tertiary alicyclic amines) is 1. The summed E-state index contributed by atoms with van der Waals surface area (Å²) < 4.78 is 6.86. The number of hydrogen-bond donors (Lipinski definition) is 1. The third kappa shape index (κ3) is 4.11. The fourth-order valence-electron chi connectivity index (χ4n) is 3.29. The molecule has 0 spiro atoms. The Bertz CT molecular complexity index is 422. The van der Waals surface area contributed by atoms with E-state index >= 15 is 0 Å². The maximum absolute atomic E-state index is 5.80. The minimum absolute atomic E-state index is 0.0416. The van der Waals surface area contributed by atoms with E-state index in [-0.39, 0.29) is 11.6 Å². The van der Waals surface area contributed by atoms with Crippen LogP contribution in [0.2, 0.25) is 0 Å². The highest BCUT2D eigenvalue weighted by Crippen LogP contribution is 2.36. The third-order valence-corrected chi connectivity index (χ3v) is 5.29. The van der Waals surface area contributed by atoms with Gasteiger partial charge in [0.05, 0.1) is 16.8 Å². The molecule has 2 heterocycles. The van der Waals surface area contributed by atoms with Gasteiger partial charge in [0.25, 0.3) is 0 Å². The average molecular weight is 357 g/mol. The van der Waals surface area contributed by atoms with Crippen LogP contribution in [0.1, 0.15) is 64.7 Å². The lowest BCUT2D eigenvalue weighted by atomic mass is 9.89. The van der Waals surface area contributed by atoms with Crippen LogP contribution in [-0.2, 0) is 0 Å². The normalized spacial score (nSPS) is 19.4.